The topological polar surface area (TPSA) is 51.2 Å². The van der Waals surface area contributed by atoms with Gasteiger partial charge in [0, 0.05) is 24.8 Å². The maximum absolute atomic E-state index is 13.4. The SMILES string of the molecule is OC(CN(Cc1cccc(OC(F)(F)C(F)F)c1)c1cccc(OCc2cccc(OC(F)(F)F)c2)c1)C1CC1. The maximum Gasteiger partial charge on any atom is 0.573 e. The van der Waals surface area contributed by atoms with Crippen molar-refractivity contribution in [3.8, 4) is 17.2 Å². The van der Waals surface area contributed by atoms with E-state index in [4.69, 9.17) is 4.74 Å². The van der Waals surface area contributed by atoms with Crippen LogP contribution in [0.25, 0.3) is 0 Å². The lowest BCUT2D eigenvalue weighted by atomic mass is 10.1. The number of aliphatic hydroxyl groups is 1. The second-order valence-corrected chi connectivity index (χ2v) is 9.38. The van der Waals surface area contributed by atoms with Gasteiger partial charge in [0.1, 0.15) is 23.9 Å². The van der Waals surface area contributed by atoms with Crippen LogP contribution in [0.5, 0.6) is 17.2 Å². The molecule has 0 aliphatic heterocycles. The average Bonchev–Trinajstić information content (AvgIpc) is 3.72. The Balaban J connectivity index is 1.49. The van der Waals surface area contributed by atoms with Gasteiger partial charge in [0.25, 0.3) is 0 Å². The standard InChI is InChI=1S/C28H26F7NO4/c29-26(30)27(31,32)39-23-8-1-4-18(12-23)15-36(16-25(37)20-10-11-20)21-6-3-7-22(14-21)38-17-19-5-2-9-24(13-19)40-28(33,34)35/h1-9,12-14,20,25-26,37H,10-11,15-17H2. The molecular formula is C28H26F7NO4. The maximum atomic E-state index is 13.4. The van der Waals surface area contributed by atoms with Crippen molar-refractivity contribution in [3.05, 3.63) is 83.9 Å². The lowest BCUT2D eigenvalue weighted by Gasteiger charge is -2.28. The van der Waals surface area contributed by atoms with E-state index in [1.165, 1.54) is 30.3 Å². The highest BCUT2D eigenvalue weighted by atomic mass is 19.4. The molecule has 1 aliphatic rings. The zero-order valence-electron chi connectivity index (χ0n) is 21.0. The summed E-state index contributed by atoms with van der Waals surface area (Å²) < 4.78 is 103. The smallest absolute Gasteiger partial charge is 0.489 e. The highest BCUT2D eigenvalue weighted by Gasteiger charge is 2.44. The number of halogens is 7. The van der Waals surface area contributed by atoms with E-state index in [-0.39, 0.29) is 31.4 Å². The van der Waals surface area contributed by atoms with E-state index in [2.05, 4.69) is 9.47 Å². The number of ether oxygens (including phenoxy) is 3. The van der Waals surface area contributed by atoms with Gasteiger partial charge in [-0.1, -0.05) is 30.3 Å². The molecule has 1 atom stereocenters. The minimum absolute atomic E-state index is 0.0546. The minimum Gasteiger partial charge on any atom is -0.489 e. The van der Waals surface area contributed by atoms with Gasteiger partial charge in [-0.25, -0.2) is 0 Å². The summed E-state index contributed by atoms with van der Waals surface area (Å²) in [7, 11) is 0. The summed E-state index contributed by atoms with van der Waals surface area (Å²) in [6.45, 7) is 0.270. The van der Waals surface area contributed by atoms with Crippen molar-refractivity contribution in [2.45, 2.75) is 51.0 Å². The van der Waals surface area contributed by atoms with Crippen LogP contribution in [0.4, 0.5) is 36.4 Å². The zero-order chi connectivity index (χ0) is 28.9. The Morgan fingerprint density at radius 3 is 2.05 bits per heavy atom. The summed E-state index contributed by atoms with van der Waals surface area (Å²) in [5, 5.41) is 10.6. The number of nitrogens with zero attached hydrogens (tertiary/aromatic N) is 1. The van der Waals surface area contributed by atoms with E-state index < -0.39 is 30.7 Å². The fourth-order valence-electron chi connectivity index (χ4n) is 4.02. The van der Waals surface area contributed by atoms with E-state index in [0.717, 1.165) is 18.9 Å². The fraction of sp³-hybridized carbons (Fsp3) is 0.357. The Labute approximate surface area is 225 Å². The quantitative estimate of drug-likeness (QED) is 0.220. The predicted molar refractivity (Wildman–Crippen MR) is 132 cm³/mol. The fourth-order valence-corrected chi connectivity index (χ4v) is 4.02. The Hall–Kier alpha value is -3.67. The molecule has 216 valence electrons. The minimum atomic E-state index is -4.82. The molecule has 3 aromatic carbocycles. The highest BCUT2D eigenvalue weighted by molar-refractivity contribution is 5.52. The van der Waals surface area contributed by atoms with Crippen molar-refractivity contribution < 1.29 is 50.1 Å². The molecule has 3 aromatic rings. The normalized spacial score (nSPS) is 14.6. The first-order valence-electron chi connectivity index (χ1n) is 12.3. The Kier molecular flexibility index (Phi) is 8.97. The monoisotopic (exact) mass is 573 g/mol. The summed E-state index contributed by atoms with van der Waals surface area (Å²) >= 11 is 0. The molecule has 1 aliphatic carbocycles. The van der Waals surface area contributed by atoms with Crippen molar-refractivity contribution in [1.82, 2.24) is 0 Å². The number of rotatable bonds is 13. The molecule has 1 saturated carbocycles. The largest absolute Gasteiger partial charge is 0.573 e. The lowest BCUT2D eigenvalue weighted by molar-refractivity contribution is -0.274. The van der Waals surface area contributed by atoms with Crippen molar-refractivity contribution >= 4 is 5.69 Å². The Morgan fingerprint density at radius 2 is 1.40 bits per heavy atom. The van der Waals surface area contributed by atoms with E-state index in [1.54, 1.807) is 41.3 Å². The summed E-state index contributed by atoms with van der Waals surface area (Å²) in [5.74, 6) is -0.286. The lowest BCUT2D eigenvalue weighted by Crippen LogP contribution is -2.34. The molecule has 4 rings (SSSR count). The van der Waals surface area contributed by atoms with Gasteiger partial charge in [0.15, 0.2) is 0 Å². The van der Waals surface area contributed by atoms with Crippen LogP contribution in [0, 0.1) is 5.92 Å². The van der Waals surface area contributed by atoms with Gasteiger partial charge in [0.05, 0.1) is 6.10 Å². The first-order valence-corrected chi connectivity index (χ1v) is 12.3. The number of hydrogen-bond donors (Lipinski definition) is 1. The predicted octanol–water partition coefficient (Wildman–Crippen LogP) is 7.18. The number of hydrogen-bond acceptors (Lipinski definition) is 5. The second-order valence-electron chi connectivity index (χ2n) is 9.38. The van der Waals surface area contributed by atoms with Crippen LogP contribution < -0.4 is 19.1 Å². The molecule has 1 fully saturated rings. The van der Waals surface area contributed by atoms with Crippen molar-refractivity contribution in [1.29, 1.82) is 0 Å². The third-order valence-electron chi connectivity index (χ3n) is 6.07. The van der Waals surface area contributed by atoms with Crippen molar-refractivity contribution in [2.24, 2.45) is 5.92 Å². The van der Waals surface area contributed by atoms with Gasteiger partial charge in [-0.2, -0.15) is 17.6 Å². The number of alkyl halides is 7. The van der Waals surface area contributed by atoms with Gasteiger partial charge in [-0.3, -0.25) is 0 Å². The van der Waals surface area contributed by atoms with Crippen molar-refractivity contribution in [2.75, 3.05) is 11.4 Å². The van der Waals surface area contributed by atoms with Crippen LogP contribution >= 0.6 is 0 Å². The van der Waals surface area contributed by atoms with Crippen LogP contribution in [0.3, 0.4) is 0 Å². The Bertz CT molecular complexity index is 1270. The number of anilines is 1. The van der Waals surface area contributed by atoms with Gasteiger partial charge in [-0.15, -0.1) is 13.2 Å². The van der Waals surface area contributed by atoms with Crippen LogP contribution in [0.15, 0.2) is 72.8 Å². The van der Waals surface area contributed by atoms with Crippen LogP contribution in [0.2, 0.25) is 0 Å². The first kappa shape index (κ1) is 29.3. The molecule has 0 heterocycles. The van der Waals surface area contributed by atoms with Gasteiger partial charge in [-0.05, 0) is 66.3 Å². The van der Waals surface area contributed by atoms with E-state index in [9.17, 15) is 35.8 Å². The van der Waals surface area contributed by atoms with Crippen LogP contribution in [-0.4, -0.2) is 36.7 Å². The third-order valence-corrected chi connectivity index (χ3v) is 6.07. The summed E-state index contributed by atoms with van der Waals surface area (Å²) in [6.07, 6.45) is -12.4. The Morgan fingerprint density at radius 1 is 0.800 bits per heavy atom. The number of aliphatic hydroxyl groups excluding tert-OH is 1. The summed E-state index contributed by atoms with van der Waals surface area (Å²) in [5.41, 5.74) is 1.51. The molecule has 0 aromatic heterocycles. The molecule has 40 heavy (non-hydrogen) atoms. The van der Waals surface area contributed by atoms with Gasteiger partial charge >= 0.3 is 18.9 Å². The van der Waals surface area contributed by atoms with E-state index in [0.29, 0.717) is 22.6 Å². The third kappa shape index (κ3) is 8.67. The van der Waals surface area contributed by atoms with E-state index >= 15 is 0 Å². The molecule has 0 saturated heterocycles. The van der Waals surface area contributed by atoms with Crippen molar-refractivity contribution in [3.63, 3.8) is 0 Å². The summed E-state index contributed by atoms with van der Waals surface area (Å²) in [4.78, 5) is 1.79. The molecule has 5 nitrogen and oxygen atoms in total. The molecule has 12 heteroatoms. The molecule has 0 amide bonds. The van der Waals surface area contributed by atoms with Gasteiger partial charge in [0.2, 0.25) is 0 Å². The molecule has 0 radical (unpaired) electrons. The molecule has 0 spiro atoms. The second kappa shape index (κ2) is 12.2. The van der Waals surface area contributed by atoms with Crippen LogP contribution in [0.1, 0.15) is 24.0 Å². The molecule has 1 N–H and O–H groups in total. The van der Waals surface area contributed by atoms with E-state index in [1.807, 2.05) is 0 Å². The highest BCUT2D eigenvalue weighted by Crippen LogP contribution is 2.35. The zero-order valence-corrected chi connectivity index (χ0v) is 21.0. The number of benzene rings is 3. The van der Waals surface area contributed by atoms with Crippen LogP contribution in [-0.2, 0) is 13.2 Å². The summed E-state index contributed by atoms with van der Waals surface area (Å²) in [6, 6.07) is 17.5. The molecular weight excluding hydrogens is 547 g/mol. The van der Waals surface area contributed by atoms with Gasteiger partial charge < -0.3 is 24.2 Å². The first-order chi connectivity index (χ1) is 18.9. The molecule has 1 unspecified atom stereocenters. The molecule has 0 bridgehead atoms. The average molecular weight is 574 g/mol.